The van der Waals surface area contributed by atoms with Crippen molar-refractivity contribution in [2.24, 2.45) is 0 Å². The third-order valence-corrected chi connectivity index (χ3v) is 7.06. The fourth-order valence-corrected chi connectivity index (χ4v) is 5.30. The van der Waals surface area contributed by atoms with Crippen LogP contribution in [0.25, 0.3) is 0 Å². The van der Waals surface area contributed by atoms with Crippen molar-refractivity contribution < 1.29 is 13.6 Å². The Morgan fingerprint density at radius 2 is 1.12 bits per heavy atom. The van der Waals surface area contributed by atoms with Crippen LogP contribution >= 0.6 is 7.60 Å². The highest BCUT2D eigenvalue weighted by molar-refractivity contribution is 7.55. The average Bonchev–Trinajstić information content (AvgIpc) is 2.84. The molecule has 0 aliphatic heterocycles. The van der Waals surface area contributed by atoms with E-state index in [0.717, 1.165) is 16.9 Å². The van der Waals surface area contributed by atoms with Crippen molar-refractivity contribution in [3.8, 4) is 11.5 Å². The smallest absolute Gasteiger partial charge is 0.414 e. The van der Waals surface area contributed by atoms with Crippen LogP contribution in [0.15, 0.2) is 115 Å². The number of anilines is 2. The molecule has 6 heteroatoms. The summed E-state index contributed by atoms with van der Waals surface area (Å²) in [6, 6.07) is 35.8. The zero-order valence-corrected chi connectivity index (χ0v) is 19.6. The fourth-order valence-electron chi connectivity index (χ4n) is 3.37. The lowest BCUT2D eigenvalue weighted by molar-refractivity contribution is 0.376. The zero-order valence-electron chi connectivity index (χ0n) is 18.7. The molecule has 0 aromatic heterocycles. The van der Waals surface area contributed by atoms with Gasteiger partial charge in [0.05, 0.1) is 0 Å². The highest BCUT2D eigenvalue weighted by Crippen LogP contribution is 2.60. The maximum Gasteiger partial charge on any atom is 0.457 e. The second-order valence-electron chi connectivity index (χ2n) is 7.75. The predicted molar refractivity (Wildman–Crippen MR) is 135 cm³/mol. The van der Waals surface area contributed by atoms with Crippen LogP contribution in [0.2, 0.25) is 0 Å². The number of hydrogen-bond acceptors (Lipinski definition) is 5. The standard InChI is InChI=1S/C27H27N2O3P/c1-29(2)24-20-18-22(19-21-24)27(28-23-12-6-3-7-13-23)33(30,31-25-14-8-4-9-15-25)32-26-16-10-5-11-17-26/h3-21,27-28H,1-2H3. The molecule has 0 radical (unpaired) electrons. The number of nitrogens with one attached hydrogen (secondary N) is 1. The third-order valence-electron chi connectivity index (χ3n) is 5.07. The van der Waals surface area contributed by atoms with Gasteiger partial charge in [0.1, 0.15) is 11.5 Å². The van der Waals surface area contributed by atoms with E-state index in [-0.39, 0.29) is 0 Å². The molecule has 0 aliphatic carbocycles. The van der Waals surface area contributed by atoms with Gasteiger partial charge in [-0.3, -0.25) is 0 Å². The van der Waals surface area contributed by atoms with Gasteiger partial charge in [-0.1, -0.05) is 66.7 Å². The highest BCUT2D eigenvalue weighted by atomic mass is 31.2. The first-order valence-corrected chi connectivity index (χ1v) is 12.3. The van der Waals surface area contributed by atoms with E-state index < -0.39 is 13.4 Å². The molecule has 4 aromatic rings. The maximum absolute atomic E-state index is 14.6. The van der Waals surface area contributed by atoms with Gasteiger partial charge in [0, 0.05) is 25.5 Å². The van der Waals surface area contributed by atoms with E-state index in [4.69, 9.17) is 9.05 Å². The Kier molecular flexibility index (Phi) is 7.01. The van der Waals surface area contributed by atoms with Crippen LogP contribution < -0.4 is 19.3 Å². The molecule has 0 fully saturated rings. The van der Waals surface area contributed by atoms with Crippen LogP contribution in [0.4, 0.5) is 11.4 Å². The van der Waals surface area contributed by atoms with Crippen molar-refractivity contribution in [2.45, 2.75) is 5.78 Å². The second kappa shape index (κ2) is 10.3. The Morgan fingerprint density at radius 3 is 1.58 bits per heavy atom. The van der Waals surface area contributed by atoms with Crippen LogP contribution in [0, 0.1) is 0 Å². The van der Waals surface area contributed by atoms with E-state index in [2.05, 4.69) is 5.32 Å². The minimum atomic E-state index is -3.82. The molecule has 0 bridgehead atoms. The monoisotopic (exact) mass is 458 g/mol. The van der Waals surface area contributed by atoms with Crippen molar-refractivity contribution in [1.29, 1.82) is 0 Å². The van der Waals surface area contributed by atoms with Crippen LogP contribution in [0.5, 0.6) is 11.5 Å². The van der Waals surface area contributed by atoms with E-state index in [1.54, 1.807) is 24.3 Å². The summed E-state index contributed by atoms with van der Waals surface area (Å²) >= 11 is 0. The number of hydrogen-bond donors (Lipinski definition) is 1. The minimum Gasteiger partial charge on any atom is -0.414 e. The van der Waals surface area contributed by atoms with Gasteiger partial charge < -0.3 is 19.3 Å². The lowest BCUT2D eigenvalue weighted by Gasteiger charge is -2.29. The van der Waals surface area contributed by atoms with Gasteiger partial charge in [-0.15, -0.1) is 0 Å². The first kappa shape index (κ1) is 22.5. The molecule has 1 atom stereocenters. The highest BCUT2D eigenvalue weighted by Gasteiger charge is 2.41. The van der Waals surface area contributed by atoms with Gasteiger partial charge >= 0.3 is 7.60 Å². The number of rotatable bonds is 9. The van der Waals surface area contributed by atoms with Crippen molar-refractivity contribution in [3.63, 3.8) is 0 Å². The van der Waals surface area contributed by atoms with E-state index in [1.165, 1.54) is 0 Å². The van der Waals surface area contributed by atoms with E-state index in [9.17, 15) is 4.57 Å². The third kappa shape index (κ3) is 5.76. The Hall–Kier alpha value is -3.69. The molecule has 0 spiro atoms. The Morgan fingerprint density at radius 1 is 0.667 bits per heavy atom. The summed E-state index contributed by atoms with van der Waals surface area (Å²) in [7, 11) is 0.141. The number of para-hydroxylation sites is 3. The molecule has 1 unspecified atom stereocenters. The van der Waals surface area contributed by atoms with E-state index >= 15 is 0 Å². The molecule has 4 aromatic carbocycles. The first-order chi connectivity index (χ1) is 16.0. The summed E-state index contributed by atoms with van der Waals surface area (Å²) in [4.78, 5) is 2.02. The molecular weight excluding hydrogens is 431 g/mol. The van der Waals surface area contributed by atoms with Crippen LogP contribution in [-0.4, -0.2) is 14.1 Å². The molecule has 1 N–H and O–H groups in total. The molecule has 0 amide bonds. The summed E-state index contributed by atoms with van der Waals surface area (Å²) in [5.41, 5.74) is 2.65. The van der Waals surface area contributed by atoms with Crippen LogP contribution in [-0.2, 0) is 4.57 Å². The van der Waals surface area contributed by atoms with Gasteiger partial charge in [-0.05, 0) is 54.1 Å². The predicted octanol–water partition coefficient (Wildman–Crippen LogP) is 7.21. The molecule has 4 rings (SSSR count). The minimum absolute atomic E-state index is 0.474. The Labute approximate surface area is 195 Å². The summed E-state index contributed by atoms with van der Waals surface area (Å²) < 4.78 is 26.8. The number of benzene rings is 4. The van der Waals surface area contributed by atoms with Gasteiger partial charge in [0.15, 0.2) is 5.78 Å². The largest absolute Gasteiger partial charge is 0.457 e. The van der Waals surface area contributed by atoms with Gasteiger partial charge in [-0.2, -0.15) is 0 Å². The van der Waals surface area contributed by atoms with Crippen LogP contribution in [0.1, 0.15) is 11.3 Å². The van der Waals surface area contributed by atoms with Crippen molar-refractivity contribution >= 4 is 19.0 Å². The van der Waals surface area contributed by atoms with Crippen molar-refractivity contribution in [3.05, 3.63) is 121 Å². The summed E-state index contributed by atoms with van der Waals surface area (Å²) in [5.74, 6) is 0.194. The Balaban J connectivity index is 1.79. The van der Waals surface area contributed by atoms with E-state index in [0.29, 0.717) is 11.5 Å². The van der Waals surface area contributed by atoms with E-state index in [1.807, 2.05) is 110 Å². The lowest BCUT2D eigenvalue weighted by atomic mass is 10.2. The van der Waals surface area contributed by atoms with Crippen LogP contribution in [0.3, 0.4) is 0 Å². The maximum atomic E-state index is 14.6. The average molecular weight is 458 g/mol. The van der Waals surface area contributed by atoms with Crippen molar-refractivity contribution in [2.75, 3.05) is 24.3 Å². The quantitative estimate of drug-likeness (QED) is 0.269. The topological polar surface area (TPSA) is 50.8 Å². The number of nitrogens with zero attached hydrogens (tertiary/aromatic N) is 1. The lowest BCUT2D eigenvalue weighted by Crippen LogP contribution is -2.18. The molecule has 0 aliphatic rings. The fraction of sp³-hybridized carbons (Fsp3) is 0.111. The molecule has 5 nitrogen and oxygen atoms in total. The van der Waals surface area contributed by atoms with Gasteiger partial charge in [0.25, 0.3) is 0 Å². The summed E-state index contributed by atoms with van der Waals surface area (Å²) in [5, 5.41) is 3.40. The molecule has 33 heavy (non-hydrogen) atoms. The molecule has 0 heterocycles. The normalized spacial score (nSPS) is 11.9. The SMILES string of the molecule is CN(C)c1ccc(C(Nc2ccccc2)P(=O)(Oc2ccccc2)Oc2ccccc2)cc1. The van der Waals surface area contributed by atoms with Crippen molar-refractivity contribution in [1.82, 2.24) is 0 Å². The zero-order chi connectivity index (χ0) is 23.1. The Bertz CT molecular complexity index is 1140. The first-order valence-electron chi connectivity index (χ1n) is 10.7. The second-order valence-corrected chi connectivity index (χ2v) is 9.71. The molecule has 0 saturated carbocycles. The summed E-state index contributed by atoms with van der Waals surface area (Å²) in [6.45, 7) is 0. The summed E-state index contributed by atoms with van der Waals surface area (Å²) in [6.07, 6.45) is 0. The van der Waals surface area contributed by atoms with Gasteiger partial charge in [-0.25, -0.2) is 4.57 Å². The molecule has 0 saturated heterocycles. The molecule has 168 valence electrons. The molecular formula is C27H27N2O3P. The van der Waals surface area contributed by atoms with Gasteiger partial charge in [0.2, 0.25) is 0 Å².